The van der Waals surface area contributed by atoms with E-state index in [4.69, 9.17) is 9.72 Å². The van der Waals surface area contributed by atoms with Crippen LogP contribution < -0.4 is 37.0 Å². The van der Waals surface area contributed by atoms with Crippen molar-refractivity contribution in [2.45, 2.75) is 105 Å². The van der Waals surface area contributed by atoms with Gasteiger partial charge in [-0.3, -0.25) is 0 Å². The van der Waals surface area contributed by atoms with Gasteiger partial charge >= 0.3 is 335 Å². The Balaban J connectivity index is 0.940. The first-order valence-corrected chi connectivity index (χ1v) is 34.1. The van der Waals surface area contributed by atoms with Crippen LogP contribution in [0, 0.1) is 0 Å². The number of rotatable bonds is 7. The van der Waals surface area contributed by atoms with Crippen LogP contribution >= 0.6 is 0 Å². The molecule has 6 nitrogen and oxygen atoms in total. The Labute approximate surface area is 499 Å². The van der Waals surface area contributed by atoms with Crippen molar-refractivity contribution in [2.75, 3.05) is 28.4 Å². The number of para-hydroxylation sites is 4. The van der Waals surface area contributed by atoms with Crippen molar-refractivity contribution in [1.29, 1.82) is 0 Å². The van der Waals surface area contributed by atoms with Gasteiger partial charge in [-0.15, -0.1) is 0 Å². The summed E-state index contributed by atoms with van der Waals surface area (Å²) in [5.41, 5.74) is 19.2. The summed E-state index contributed by atoms with van der Waals surface area (Å²) in [5, 5.41) is 2.66. The van der Waals surface area contributed by atoms with E-state index in [1.165, 1.54) is 95.4 Å². The minimum atomic E-state index is -3.76. The molecule has 3 aliphatic rings. The van der Waals surface area contributed by atoms with E-state index in [-0.39, 0.29) is 21.7 Å². The van der Waals surface area contributed by atoms with Crippen molar-refractivity contribution in [2.24, 2.45) is 0 Å². The van der Waals surface area contributed by atoms with Crippen LogP contribution in [0.2, 0.25) is 0 Å². The van der Waals surface area contributed by atoms with E-state index in [0.717, 1.165) is 39.9 Å². The second-order valence-corrected chi connectivity index (χ2v) is 35.5. The van der Waals surface area contributed by atoms with E-state index in [2.05, 4.69) is 310 Å². The van der Waals surface area contributed by atoms with Gasteiger partial charge in [0.2, 0.25) is 0 Å². The van der Waals surface area contributed by atoms with E-state index < -0.39 is 13.3 Å². The first-order valence-electron chi connectivity index (χ1n) is 29.9. The number of aromatic nitrogens is 2. The van der Waals surface area contributed by atoms with Gasteiger partial charge in [-0.1, -0.05) is 111 Å². The second-order valence-electron chi connectivity index (χ2n) is 27.8. The van der Waals surface area contributed by atoms with Crippen LogP contribution in [-0.2, 0) is 21.7 Å². The molecular formula is C77H75GeN5O. The fraction of sp³-hybridized carbons (Fsp3) is 0.234. The minimum absolute atomic E-state index is 0.0571. The maximum atomic E-state index is 7.43. The van der Waals surface area contributed by atoms with Gasteiger partial charge in [0.1, 0.15) is 0 Å². The van der Waals surface area contributed by atoms with E-state index in [1.54, 1.807) is 0 Å². The van der Waals surface area contributed by atoms with Gasteiger partial charge in [-0.2, -0.15) is 0 Å². The first-order chi connectivity index (χ1) is 40.1. The molecule has 0 saturated carbocycles. The molecule has 0 saturated heterocycles. The Morgan fingerprint density at radius 3 is 1.57 bits per heavy atom. The first kappa shape index (κ1) is 53.7. The number of ether oxygens (including phenoxy) is 1. The monoisotopic (exact) mass is 1160 g/mol. The summed E-state index contributed by atoms with van der Waals surface area (Å²) in [4.78, 5) is 12.6. The molecule has 0 amide bonds. The number of anilines is 6. The second kappa shape index (κ2) is 19.1. The molecule has 3 aliphatic heterocycles. The molecule has 0 N–H and O–H groups in total. The van der Waals surface area contributed by atoms with E-state index in [1.807, 2.05) is 6.20 Å². The van der Waals surface area contributed by atoms with Gasteiger partial charge in [-0.05, 0) is 56.2 Å². The molecule has 14 rings (SSSR count). The van der Waals surface area contributed by atoms with Crippen molar-refractivity contribution in [3.63, 3.8) is 0 Å². The van der Waals surface area contributed by atoms with Crippen LogP contribution in [-0.4, -0.2) is 36.5 Å². The summed E-state index contributed by atoms with van der Waals surface area (Å²) >= 11 is -3.76. The normalized spacial score (nSPS) is 14.5. The fourth-order valence-electron chi connectivity index (χ4n) is 13.8. The SMILES string of the molecule is CN1c2cccc[c]2[Ge]2([c]3ccccc31)[c]1cccc3c1c1[c]2cc(Oc2cccc(N4CN(c5c(-c6ccccc6)cc(C(C)(C)C)cc5-c5cc(C(C)(C)C)cc(C(C)(C)C)c5)c5ccccc54)c2)cc1n3-c1cc(C(C)(C)C)ccn1. The molecule has 1 spiro atoms. The number of hydrogen-bond acceptors (Lipinski definition) is 5. The summed E-state index contributed by atoms with van der Waals surface area (Å²) in [5.74, 6) is 2.51. The fourth-order valence-corrected chi connectivity index (χ4v) is 25.7. The number of benzene rings is 9. The third kappa shape index (κ3) is 8.44. The standard InChI is InChI=1S/C77H75GeN5O/c1-74(2,3)51-37-38-79-70(44-51)83-68-36-24-31-62-71(68)72-63(78(62)60-29-17-19-32-64(60)80(13)65-33-20-18-30-61(65)78)46-57(47-69(72)83)84-56-28-23-27-55(45-56)81-48-82(67-35-22-21-34-66(67)81)73-58(49-25-15-14-16-26-49)42-54(77(10,11)12)43-59(73)50-39-52(75(4,5)6)41-53(40-50)76(7,8)9/h14-47H,48H2,1-13H3. The quantitative estimate of drug-likeness (QED) is 0.149. The van der Waals surface area contributed by atoms with Gasteiger partial charge in [0.25, 0.3) is 0 Å². The van der Waals surface area contributed by atoms with Gasteiger partial charge < -0.3 is 0 Å². The summed E-state index contributed by atoms with van der Waals surface area (Å²) in [6.07, 6.45) is 1.98. The van der Waals surface area contributed by atoms with E-state index >= 15 is 0 Å². The van der Waals surface area contributed by atoms with Crippen LogP contribution in [0.25, 0.3) is 49.9 Å². The number of hydrogen-bond donors (Lipinski definition) is 0. The van der Waals surface area contributed by atoms with Crippen molar-refractivity contribution in [3.8, 4) is 39.6 Å². The third-order valence-electron chi connectivity index (χ3n) is 18.3. The number of fused-ring (bicyclic) bond motifs is 7. The zero-order valence-electron chi connectivity index (χ0n) is 51.0. The molecule has 7 heteroatoms. The Morgan fingerprint density at radius 1 is 0.405 bits per heavy atom. The molecule has 0 aliphatic carbocycles. The predicted molar refractivity (Wildman–Crippen MR) is 358 cm³/mol. The van der Waals surface area contributed by atoms with Crippen LogP contribution in [0.3, 0.4) is 0 Å². The number of nitrogens with zero attached hydrogens (tertiary/aromatic N) is 5. The third-order valence-corrected chi connectivity index (χ3v) is 28.5. The van der Waals surface area contributed by atoms with E-state index in [0.29, 0.717) is 6.67 Å². The summed E-state index contributed by atoms with van der Waals surface area (Å²) in [6.45, 7) is 28.5. The van der Waals surface area contributed by atoms with Gasteiger partial charge in [0.05, 0.1) is 0 Å². The molecule has 0 bridgehead atoms. The Kier molecular flexibility index (Phi) is 12.2. The van der Waals surface area contributed by atoms with Crippen LogP contribution in [0.1, 0.15) is 105 Å². The molecule has 418 valence electrons. The zero-order valence-corrected chi connectivity index (χ0v) is 53.1. The Hall–Kier alpha value is -8.33. The van der Waals surface area contributed by atoms with Crippen LogP contribution in [0.15, 0.2) is 206 Å². The summed E-state index contributed by atoms with van der Waals surface area (Å²) in [6, 6.07) is 75.6. The van der Waals surface area contributed by atoms with Crippen LogP contribution in [0.4, 0.5) is 34.1 Å². The predicted octanol–water partition coefficient (Wildman–Crippen LogP) is 17.5. The molecule has 9 aromatic carbocycles. The molecule has 84 heavy (non-hydrogen) atoms. The molecular weight excluding hydrogens is 1080 g/mol. The molecule has 0 fully saturated rings. The number of pyridine rings is 1. The molecule has 0 atom stereocenters. The van der Waals surface area contributed by atoms with Crippen molar-refractivity contribution < 1.29 is 4.74 Å². The average Bonchev–Trinajstić information content (AvgIpc) is 1.50. The van der Waals surface area contributed by atoms with Gasteiger partial charge in [0, 0.05) is 0 Å². The summed E-state index contributed by atoms with van der Waals surface area (Å²) < 4.78 is 15.6. The Morgan fingerprint density at radius 2 is 0.940 bits per heavy atom. The average molecular weight is 1160 g/mol. The maximum absolute atomic E-state index is 7.43. The molecule has 0 radical (unpaired) electrons. The topological polar surface area (TPSA) is 36.8 Å². The molecule has 11 aromatic rings. The van der Waals surface area contributed by atoms with Crippen LogP contribution in [0.5, 0.6) is 11.5 Å². The molecule has 5 heterocycles. The van der Waals surface area contributed by atoms with Crippen molar-refractivity contribution in [3.05, 3.63) is 229 Å². The van der Waals surface area contributed by atoms with Crippen molar-refractivity contribution in [1.82, 2.24) is 9.55 Å². The zero-order chi connectivity index (χ0) is 58.4. The molecule has 0 unspecified atom stereocenters. The Bertz CT molecular complexity index is 4390. The summed E-state index contributed by atoms with van der Waals surface area (Å²) in [7, 11) is 2.23. The van der Waals surface area contributed by atoms with Gasteiger partial charge in [0.15, 0.2) is 0 Å². The molecule has 2 aromatic heterocycles. The van der Waals surface area contributed by atoms with Crippen molar-refractivity contribution >= 4 is 86.8 Å². The van der Waals surface area contributed by atoms with Gasteiger partial charge in [-0.25, -0.2) is 0 Å². The van der Waals surface area contributed by atoms with E-state index in [9.17, 15) is 0 Å².